The van der Waals surface area contributed by atoms with Crippen molar-refractivity contribution in [2.24, 2.45) is 0 Å². The number of hydrogen-bond donors (Lipinski definition) is 1. The quantitative estimate of drug-likeness (QED) is 0.563. The SMILES string of the molecule is CNCCC(C)F. The van der Waals surface area contributed by atoms with E-state index in [-0.39, 0.29) is 0 Å². The molecule has 1 nitrogen and oxygen atoms in total. The molecule has 0 aliphatic rings. The Kier molecular flexibility index (Phi) is 4.00. The summed E-state index contributed by atoms with van der Waals surface area (Å²) in [5.74, 6) is 0. The normalized spacial score (nSPS) is 14.1. The van der Waals surface area contributed by atoms with Gasteiger partial charge in [-0.1, -0.05) is 0 Å². The summed E-state index contributed by atoms with van der Waals surface area (Å²) in [7, 11) is 1.82. The molecular weight excluding hydrogens is 93.1 g/mol. The molecule has 0 rings (SSSR count). The summed E-state index contributed by atoms with van der Waals surface area (Å²) in [6.45, 7) is 2.34. The zero-order valence-electron chi connectivity index (χ0n) is 4.87. The van der Waals surface area contributed by atoms with Crippen molar-refractivity contribution in [3.63, 3.8) is 0 Å². The van der Waals surface area contributed by atoms with Crippen molar-refractivity contribution in [3.8, 4) is 0 Å². The van der Waals surface area contributed by atoms with Gasteiger partial charge in [0.05, 0.1) is 6.17 Å². The summed E-state index contributed by atoms with van der Waals surface area (Å²) in [4.78, 5) is 0. The summed E-state index contributed by atoms with van der Waals surface area (Å²) >= 11 is 0. The van der Waals surface area contributed by atoms with E-state index in [4.69, 9.17) is 0 Å². The number of halogens is 1. The van der Waals surface area contributed by atoms with Gasteiger partial charge in [0, 0.05) is 0 Å². The summed E-state index contributed by atoms with van der Waals surface area (Å²) in [5, 5.41) is 2.86. The van der Waals surface area contributed by atoms with Crippen molar-refractivity contribution in [1.29, 1.82) is 0 Å². The fraction of sp³-hybridized carbons (Fsp3) is 1.00. The third-order valence-electron chi connectivity index (χ3n) is 0.792. The van der Waals surface area contributed by atoms with Gasteiger partial charge in [0.15, 0.2) is 0 Å². The molecule has 0 heterocycles. The summed E-state index contributed by atoms with van der Waals surface area (Å²) in [6.07, 6.45) is -0.0382. The van der Waals surface area contributed by atoms with Crippen LogP contribution in [0.25, 0.3) is 0 Å². The van der Waals surface area contributed by atoms with E-state index in [1.165, 1.54) is 0 Å². The first-order valence-corrected chi connectivity index (χ1v) is 2.56. The van der Waals surface area contributed by atoms with Gasteiger partial charge in [0.1, 0.15) is 0 Å². The maximum atomic E-state index is 11.8. The van der Waals surface area contributed by atoms with Crippen LogP contribution < -0.4 is 5.32 Å². The lowest BCUT2D eigenvalue weighted by Crippen LogP contribution is -2.11. The number of nitrogens with one attached hydrogen (secondary N) is 1. The molecule has 2 heteroatoms. The minimum Gasteiger partial charge on any atom is -0.320 e. The fourth-order valence-corrected chi connectivity index (χ4v) is 0.343. The van der Waals surface area contributed by atoms with Gasteiger partial charge in [0.2, 0.25) is 0 Å². The van der Waals surface area contributed by atoms with Crippen LogP contribution in [0.4, 0.5) is 4.39 Å². The zero-order chi connectivity index (χ0) is 5.70. The first-order chi connectivity index (χ1) is 3.27. The minimum atomic E-state index is -0.660. The van der Waals surface area contributed by atoms with Crippen molar-refractivity contribution in [3.05, 3.63) is 0 Å². The average molecular weight is 105 g/mol. The third kappa shape index (κ3) is 5.89. The molecule has 0 aromatic heterocycles. The van der Waals surface area contributed by atoms with E-state index in [1.807, 2.05) is 7.05 Å². The molecule has 44 valence electrons. The molecule has 0 saturated carbocycles. The van der Waals surface area contributed by atoms with Crippen LogP contribution >= 0.6 is 0 Å². The topological polar surface area (TPSA) is 12.0 Å². The largest absolute Gasteiger partial charge is 0.320 e. The second kappa shape index (κ2) is 4.06. The van der Waals surface area contributed by atoms with Gasteiger partial charge >= 0.3 is 0 Å². The van der Waals surface area contributed by atoms with E-state index < -0.39 is 6.17 Å². The Bertz CT molecular complexity index is 37.1. The lowest BCUT2D eigenvalue weighted by molar-refractivity contribution is 0.339. The van der Waals surface area contributed by atoms with Gasteiger partial charge in [-0.05, 0) is 26.9 Å². The molecule has 0 spiro atoms. The van der Waals surface area contributed by atoms with Crippen molar-refractivity contribution >= 4 is 0 Å². The predicted octanol–water partition coefficient (Wildman–Crippen LogP) is 0.954. The van der Waals surface area contributed by atoms with Crippen molar-refractivity contribution < 1.29 is 4.39 Å². The molecule has 0 fully saturated rings. The second-order valence-electron chi connectivity index (χ2n) is 1.67. The molecule has 1 atom stereocenters. The minimum absolute atomic E-state index is 0.622. The Morgan fingerprint density at radius 3 is 2.43 bits per heavy atom. The molecule has 1 N–H and O–H groups in total. The lowest BCUT2D eigenvalue weighted by atomic mass is 10.3. The summed E-state index contributed by atoms with van der Waals surface area (Å²) < 4.78 is 11.8. The molecule has 0 aliphatic carbocycles. The Labute approximate surface area is 43.9 Å². The Morgan fingerprint density at radius 1 is 1.71 bits per heavy atom. The molecule has 7 heavy (non-hydrogen) atoms. The molecule has 1 unspecified atom stereocenters. The highest BCUT2D eigenvalue weighted by Gasteiger charge is 1.92. The maximum Gasteiger partial charge on any atom is 0.0985 e. The van der Waals surface area contributed by atoms with Crippen LogP contribution in [0.15, 0.2) is 0 Å². The number of alkyl halides is 1. The zero-order valence-corrected chi connectivity index (χ0v) is 4.87. The van der Waals surface area contributed by atoms with Gasteiger partial charge in [-0.25, -0.2) is 4.39 Å². The molecule has 0 aromatic carbocycles. The van der Waals surface area contributed by atoms with Crippen molar-refractivity contribution in [1.82, 2.24) is 5.32 Å². The number of hydrogen-bond acceptors (Lipinski definition) is 1. The Balaban J connectivity index is 2.68. The van der Waals surface area contributed by atoms with E-state index in [9.17, 15) is 4.39 Å². The van der Waals surface area contributed by atoms with Crippen LogP contribution in [0.3, 0.4) is 0 Å². The standard InChI is InChI=1S/C5H12FN/c1-5(6)3-4-7-2/h5,7H,3-4H2,1-2H3. The van der Waals surface area contributed by atoms with E-state index >= 15 is 0 Å². The van der Waals surface area contributed by atoms with E-state index in [1.54, 1.807) is 6.92 Å². The molecule has 0 amide bonds. The van der Waals surface area contributed by atoms with Crippen LogP contribution in [0, 0.1) is 0 Å². The molecule has 0 bridgehead atoms. The maximum absolute atomic E-state index is 11.8. The van der Waals surface area contributed by atoms with E-state index in [2.05, 4.69) is 5.32 Å². The smallest absolute Gasteiger partial charge is 0.0985 e. The summed E-state index contributed by atoms with van der Waals surface area (Å²) in [6, 6.07) is 0. The summed E-state index contributed by atoms with van der Waals surface area (Å²) in [5.41, 5.74) is 0. The molecular formula is C5H12FN. The van der Waals surface area contributed by atoms with Crippen LogP contribution in [0.2, 0.25) is 0 Å². The van der Waals surface area contributed by atoms with Gasteiger partial charge in [-0.2, -0.15) is 0 Å². The molecule has 0 radical (unpaired) electrons. The predicted molar refractivity (Wildman–Crippen MR) is 29.1 cm³/mol. The fourth-order valence-electron chi connectivity index (χ4n) is 0.343. The Morgan fingerprint density at radius 2 is 2.29 bits per heavy atom. The third-order valence-corrected chi connectivity index (χ3v) is 0.792. The molecule has 0 aromatic rings. The van der Waals surface area contributed by atoms with E-state index in [0.717, 1.165) is 6.54 Å². The van der Waals surface area contributed by atoms with Crippen molar-refractivity contribution in [2.45, 2.75) is 19.5 Å². The van der Waals surface area contributed by atoms with Crippen LogP contribution in [-0.2, 0) is 0 Å². The number of rotatable bonds is 3. The van der Waals surface area contributed by atoms with Crippen molar-refractivity contribution in [2.75, 3.05) is 13.6 Å². The monoisotopic (exact) mass is 105 g/mol. The molecule has 0 aliphatic heterocycles. The van der Waals surface area contributed by atoms with Crippen LogP contribution in [-0.4, -0.2) is 19.8 Å². The van der Waals surface area contributed by atoms with E-state index in [0.29, 0.717) is 6.42 Å². The highest BCUT2D eigenvalue weighted by atomic mass is 19.1. The highest BCUT2D eigenvalue weighted by Crippen LogP contribution is 1.91. The Hall–Kier alpha value is -0.110. The molecule has 0 saturated heterocycles. The second-order valence-corrected chi connectivity index (χ2v) is 1.67. The van der Waals surface area contributed by atoms with Crippen LogP contribution in [0.1, 0.15) is 13.3 Å². The van der Waals surface area contributed by atoms with Gasteiger partial charge < -0.3 is 5.32 Å². The lowest BCUT2D eigenvalue weighted by Gasteiger charge is -1.97. The average Bonchev–Trinajstić information content (AvgIpc) is 1.61. The van der Waals surface area contributed by atoms with Gasteiger partial charge in [0.25, 0.3) is 0 Å². The first kappa shape index (κ1) is 6.89. The van der Waals surface area contributed by atoms with Gasteiger partial charge in [-0.15, -0.1) is 0 Å². The first-order valence-electron chi connectivity index (χ1n) is 2.56. The van der Waals surface area contributed by atoms with Crippen LogP contribution in [0.5, 0.6) is 0 Å². The highest BCUT2D eigenvalue weighted by molar-refractivity contribution is 4.47. The van der Waals surface area contributed by atoms with Gasteiger partial charge in [-0.3, -0.25) is 0 Å².